The van der Waals surface area contributed by atoms with E-state index in [0.29, 0.717) is 0 Å². The molecule has 0 bridgehead atoms. The SMILES string of the molecule is Cc1ncc(C)n2nc(CCc3ccc4ccc5cccnc5c4n3)nc12. The minimum Gasteiger partial charge on any atom is -0.256 e. The molecule has 0 fully saturated rings. The number of nitrogens with zero attached hydrogens (tertiary/aromatic N) is 6. The molecule has 0 saturated heterocycles. The molecular weight excluding hydrogens is 336 g/mol. The minimum atomic E-state index is 0.733. The average Bonchev–Trinajstić information content (AvgIpc) is 3.15. The molecule has 27 heavy (non-hydrogen) atoms. The third kappa shape index (κ3) is 2.70. The van der Waals surface area contributed by atoms with Crippen LogP contribution in [0.1, 0.15) is 22.9 Å². The molecule has 0 spiro atoms. The second kappa shape index (κ2) is 6.09. The first-order valence-electron chi connectivity index (χ1n) is 9.00. The zero-order valence-corrected chi connectivity index (χ0v) is 15.2. The third-order valence-corrected chi connectivity index (χ3v) is 4.85. The molecule has 0 atom stereocenters. The molecule has 0 aliphatic carbocycles. The maximum absolute atomic E-state index is 4.87. The minimum absolute atomic E-state index is 0.733. The Balaban J connectivity index is 1.49. The Kier molecular flexibility index (Phi) is 3.57. The number of fused-ring (bicyclic) bond motifs is 4. The largest absolute Gasteiger partial charge is 0.256 e. The van der Waals surface area contributed by atoms with E-state index in [9.17, 15) is 0 Å². The van der Waals surface area contributed by atoms with Gasteiger partial charge < -0.3 is 0 Å². The zero-order valence-electron chi connectivity index (χ0n) is 15.2. The highest BCUT2D eigenvalue weighted by atomic mass is 15.3. The van der Waals surface area contributed by atoms with E-state index in [1.807, 2.05) is 36.8 Å². The summed E-state index contributed by atoms with van der Waals surface area (Å²) in [5, 5.41) is 6.84. The smallest absolute Gasteiger partial charge is 0.177 e. The molecule has 0 N–H and O–H groups in total. The van der Waals surface area contributed by atoms with Gasteiger partial charge in [0.05, 0.1) is 22.4 Å². The summed E-state index contributed by atoms with van der Waals surface area (Å²) in [6.45, 7) is 3.94. The summed E-state index contributed by atoms with van der Waals surface area (Å²) < 4.78 is 1.86. The van der Waals surface area contributed by atoms with Crippen LogP contribution in [0.4, 0.5) is 0 Å². The van der Waals surface area contributed by atoms with Crippen LogP contribution in [0.15, 0.2) is 48.8 Å². The maximum Gasteiger partial charge on any atom is 0.177 e. The van der Waals surface area contributed by atoms with Crippen molar-refractivity contribution in [1.29, 1.82) is 0 Å². The van der Waals surface area contributed by atoms with Gasteiger partial charge in [-0.05, 0) is 32.4 Å². The van der Waals surface area contributed by atoms with Gasteiger partial charge in [-0.25, -0.2) is 9.50 Å². The van der Waals surface area contributed by atoms with Crippen molar-refractivity contribution in [2.45, 2.75) is 26.7 Å². The summed E-state index contributed by atoms with van der Waals surface area (Å²) >= 11 is 0. The van der Waals surface area contributed by atoms with Gasteiger partial charge in [0.25, 0.3) is 0 Å². The number of aromatic nitrogens is 6. The lowest BCUT2D eigenvalue weighted by molar-refractivity contribution is 0.808. The van der Waals surface area contributed by atoms with Gasteiger partial charge in [0.15, 0.2) is 11.5 Å². The van der Waals surface area contributed by atoms with Crippen LogP contribution in [0.5, 0.6) is 0 Å². The molecule has 5 rings (SSSR count). The van der Waals surface area contributed by atoms with Gasteiger partial charge in [-0.3, -0.25) is 15.0 Å². The molecule has 6 nitrogen and oxygen atoms in total. The van der Waals surface area contributed by atoms with Crippen molar-refractivity contribution in [1.82, 2.24) is 29.5 Å². The Morgan fingerprint density at radius 3 is 2.52 bits per heavy atom. The summed E-state index contributed by atoms with van der Waals surface area (Å²) in [5.74, 6) is 0.812. The first-order valence-corrected chi connectivity index (χ1v) is 9.00. The van der Waals surface area contributed by atoms with Crippen molar-refractivity contribution in [2.24, 2.45) is 0 Å². The Morgan fingerprint density at radius 1 is 0.852 bits per heavy atom. The van der Waals surface area contributed by atoms with Crippen molar-refractivity contribution < 1.29 is 0 Å². The van der Waals surface area contributed by atoms with Crippen LogP contribution in [0.25, 0.3) is 27.5 Å². The summed E-state index contributed by atoms with van der Waals surface area (Å²) in [4.78, 5) is 18.4. The molecule has 0 saturated carbocycles. The molecule has 0 aliphatic rings. The van der Waals surface area contributed by atoms with E-state index in [1.54, 1.807) is 0 Å². The highest BCUT2D eigenvalue weighted by Gasteiger charge is 2.10. The summed E-state index contributed by atoms with van der Waals surface area (Å²) in [5.41, 5.74) is 5.61. The Morgan fingerprint density at radius 2 is 1.67 bits per heavy atom. The molecule has 4 aromatic heterocycles. The number of rotatable bonds is 3. The number of aryl methyl sites for hydroxylation is 4. The van der Waals surface area contributed by atoms with Crippen LogP contribution in [-0.4, -0.2) is 29.5 Å². The highest BCUT2D eigenvalue weighted by Crippen LogP contribution is 2.22. The number of hydrogen-bond donors (Lipinski definition) is 0. The van der Waals surface area contributed by atoms with Crippen LogP contribution in [0, 0.1) is 13.8 Å². The van der Waals surface area contributed by atoms with Gasteiger partial charge >= 0.3 is 0 Å². The summed E-state index contributed by atoms with van der Waals surface area (Å²) in [6.07, 6.45) is 5.15. The second-order valence-corrected chi connectivity index (χ2v) is 6.76. The van der Waals surface area contributed by atoms with E-state index in [0.717, 1.165) is 63.2 Å². The van der Waals surface area contributed by atoms with Gasteiger partial charge in [-0.15, -0.1) is 0 Å². The fourth-order valence-electron chi connectivity index (χ4n) is 3.39. The fourth-order valence-corrected chi connectivity index (χ4v) is 3.39. The standard InChI is InChI=1S/C21H18N6/c1-13-12-23-14(2)21-25-18(26-27(13)21)10-9-17-8-7-16-6-5-15-4-3-11-22-19(15)20(16)24-17/h3-8,11-12H,9-10H2,1-2H3. The number of hydrogen-bond acceptors (Lipinski definition) is 5. The Labute approximate surface area is 155 Å². The van der Waals surface area contributed by atoms with Crippen LogP contribution in [-0.2, 0) is 12.8 Å². The third-order valence-electron chi connectivity index (χ3n) is 4.85. The topological polar surface area (TPSA) is 68.9 Å². The van der Waals surface area contributed by atoms with Crippen molar-refractivity contribution in [3.8, 4) is 0 Å². The molecular formula is C21H18N6. The Hall–Kier alpha value is -3.41. The highest BCUT2D eigenvalue weighted by molar-refractivity contribution is 6.02. The summed E-state index contributed by atoms with van der Waals surface area (Å²) in [7, 11) is 0. The van der Waals surface area contributed by atoms with E-state index < -0.39 is 0 Å². The number of benzene rings is 1. The van der Waals surface area contributed by atoms with E-state index in [1.165, 1.54) is 0 Å². The van der Waals surface area contributed by atoms with Crippen LogP contribution in [0.3, 0.4) is 0 Å². The number of pyridine rings is 2. The van der Waals surface area contributed by atoms with Gasteiger partial charge in [0.1, 0.15) is 0 Å². The summed E-state index contributed by atoms with van der Waals surface area (Å²) in [6, 6.07) is 12.4. The van der Waals surface area contributed by atoms with Gasteiger partial charge in [0, 0.05) is 35.3 Å². The predicted molar refractivity (Wildman–Crippen MR) is 105 cm³/mol. The monoisotopic (exact) mass is 354 g/mol. The molecule has 0 radical (unpaired) electrons. The van der Waals surface area contributed by atoms with Crippen molar-refractivity contribution in [2.75, 3.05) is 0 Å². The van der Waals surface area contributed by atoms with E-state index in [-0.39, 0.29) is 0 Å². The Bertz CT molecular complexity index is 1270. The molecule has 1 aromatic carbocycles. The quantitative estimate of drug-likeness (QED) is 0.463. The van der Waals surface area contributed by atoms with Crippen LogP contribution in [0.2, 0.25) is 0 Å². The van der Waals surface area contributed by atoms with Crippen LogP contribution < -0.4 is 0 Å². The lowest BCUT2D eigenvalue weighted by Crippen LogP contribution is -1.99. The first kappa shape index (κ1) is 15.8. The van der Waals surface area contributed by atoms with Crippen LogP contribution >= 0.6 is 0 Å². The normalized spacial score (nSPS) is 11.6. The van der Waals surface area contributed by atoms with Gasteiger partial charge in [0.2, 0.25) is 0 Å². The van der Waals surface area contributed by atoms with Crippen molar-refractivity contribution in [3.05, 3.63) is 71.7 Å². The molecule has 6 heteroatoms. The molecule has 132 valence electrons. The van der Waals surface area contributed by atoms with E-state index in [2.05, 4.69) is 50.4 Å². The molecule has 4 heterocycles. The zero-order chi connectivity index (χ0) is 18.4. The van der Waals surface area contributed by atoms with Crippen molar-refractivity contribution in [3.63, 3.8) is 0 Å². The molecule has 0 amide bonds. The lowest BCUT2D eigenvalue weighted by Gasteiger charge is -2.05. The van der Waals surface area contributed by atoms with Crippen molar-refractivity contribution >= 4 is 27.5 Å². The maximum atomic E-state index is 4.87. The fraction of sp³-hybridized carbons (Fsp3) is 0.190. The molecule has 0 unspecified atom stereocenters. The first-order chi connectivity index (χ1) is 13.2. The predicted octanol–water partition coefficient (Wildman–Crippen LogP) is 3.62. The molecule has 5 aromatic rings. The second-order valence-electron chi connectivity index (χ2n) is 6.76. The van der Waals surface area contributed by atoms with E-state index >= 15 is 0 Å². The lowest BCUT2D eigenvalue weighted by atomic mass is 10.1. The molecule has 0 aliphatic heterocycles. The average molecular weight is 354 g/mol. The van der Waals surface area contributed by atoms with Gasteiger partial charge in [-0.2, -0.15) is 5.10 Å². The van der Waals surface area contributed by atoms with Gasteiger partial charge in [-0.1, -0.05) is 24.3 Å². The van der Waals surface area contributed by atoms with E-state index in [4.69, 9.17) is 4.98 Å².